The predicted molar refractivity (Wildman–Crippen MR) is 119 cm³/mol. The SMILES string of the molecule is CCOP(=O)(CCc1cc(C)c(Cc2ccc(F)c(C(C)C)c2)c(C)c1)OCC. The highest BCUT2D eigenvalue weighted by molar-refractivity contribution is 7.53. The number of hydrogen-bond donors (Lipinski definition) is 0. The van der Waals surface area contributed by atoms with Gasteiger partial charge in [-0.1, -0.05) is 38.1 Å². The Labute approximate surface area is 175 Å². The van der Waals surface area contributed by atoms with Gasteiger partial charge in [0.25, 0.3) is 0 Å². The van der Waals surface area contributed by atoms with Crippen LogP contribution in [0.2, 0.25) is 0 Å². The van der Waals surface area contributed by atoms with Crippen LogP contribution in [-0.4, -0.2) is 19.4 Å². The molecule has 0 unspecified atom stereocenters. The molecule has 3 nitrogen and oxygen atoms in total. The van der Waals surface area contributed by atoms with Crippen LogP contribution >= 0.6 is 7.60 Å². The van der Waals surface area contributed by atoms with Gasteiger partial charge in [-0.05, 0) is 85.9 Å². The minimum absolute atomic E-state index is 0.138. The molecule has 2 rings (SSSR count). The van der Waals surface area contributed by atoms with Crippen molar-refractivity contribution in [2.75, 3.05) is 19.4 Å². The van der Waals surface area contributed by atoms with Crippen LogP contribution in [0.3, 0.4) is 0 Å². The van der Waals surface area contributed by atoms with Gasteiger partial charge >= 0.3 is 7.60 Å². The second kappa shape index (κ2) is 10.5. The van der Waals surface area contributed by atoms with E-state index in [-0.39, 0.29) is 11.7 Å². The summed E-state index contributed by atoms with van der Waals surface area (Å²) >= 11 is 0. The molecule has 0 bridgehead atoms. The number of benzene rings is 2. The normalized spacial score (nSPS) is 12.0. The van der Waals surface area contributed by atoms with Crippen molar-refractivity contribution in [2.24, 2.45) is 0 Å². The summed E-state index contributed by atoms with van der Waals surface area (Å²) in [6.07, 6.45) is 1.80. The summed E-state index contributed by atoms with van der Waals surface area (Å²) in [7, 11) is -3.04. The molecule has 160 valence electrons. The van der Waals surface area contributed by atoms with E-state index in [1.165, 1.54) is 16.7 Å². The molecule has 0 aliphatic heterocycles. The van der Waals surface area contributed by atoms with Crippen LogP contribution in [0, 0.1) is 19.7 Å². The second-order valence-electron chi connectivity index (χ2n) is 7.82. The third-order valence-electron chi connectivity index (χ3n) is 5.15. The molecule has 0 heterocycles. The molecule has 0 atom stereocenters. The van der Waals surface area contributed by atoms with Gasteiger partial charge in [-0.3, -0.25) is 4.57 Å². The molecule has 0 N–H and O–H groups in total. The monoisotopic (exact) mass is 420 g/mol. The minimum Gasteiger partial charge on any atom is -0.309 e. The van der Waals surface area contributed by atoms with E-state index in [0.29, 0.717) is 25.8 Å². The number of rotatable bonds is 10. The number of aryl methyl sites for hydroxylation is 3. The Bertz CT molecular complexity index is 843. The van der Waals surface area contributed by atoms with E-state index in [2.05, 4.69) is 26.0 Å². The molecule has 0 aliphatic rings. The number of hydrogen-bond acceptors (Lipinski definition) is 3. The lowest BCUT2D eigenvalue weighted by atomic mass is 9.91. The van der Waals surface area contributed by atoms with Crippen LogP contribution < -0.4 is 0 Å². The standard InChI is InChI=1S/C24H34FO3P/c1-7-27-29(26,28-8-2)12-11-21-13-18(5)23(19(6)14-21)16-20-9-10-24(25)22(15-20)17(3)4/h9-10,13-15,17H,7-8,11-12,16H2,1-6H3. The topological polar surface area (TPSA) is 35.5 Å². The van der Waals surface area contributed by atoms with Gasteiger partial charge in [-0.15, -0.1) is 0 Å². The fourth-order valence-corrected chi connectivity index (χ4v) is 5.33. The Hall–Kier alpha value is -1.48. The van der Waals surface area contributed by atoms with Crippen molar-refractivity contribution < 1.29 is 18.0 Å². The highest BCUT2D eigenvalue weighted by Crippen LogP contribution is 2.48. The average molecular weight is 421 g/mol. The van der Waals surface area contributed by atoms with E-state index in [4.69, 9.17) is 9.05 Å². The minimum atomic E-state index is -3.04. The molecular formula is C24H34FO3P. The van der Waals surface area contributed by atoms with Gasteiger partial charge < -0.3 is 9.05 Å². The maximum atomic E-state index is 14.0. The Balaban J connectivity index is 2.19. The second-order valence-corrected chi connectivity index (χ2v) is 10.0. The molecule has 2 aromatic carbocycles. The first-order valence-electron chi connectivity index (χ1n) is 10.4. The number of halogens is 1. The zero-order valence-electron chi connectivity index (χ0n) is 18.5. The Morgan fingerprint density at radius 2 is 1.55 bits per heavy atom. The molecule has 0 spiro atoms. The van der Waals surface area contributed by atoms with Crippen LogP contribution in [-0.2, 0) is 26.5 Å². The van der Waals surface area contributed by atoms with E-state index in [0.717, 1.165) is 23.1 Å². The summed E-state index contributed by atoms with van der Waals surface area (Å²) in [5.41, 5.74) is 6.65. The summed E-state index contributed by atoms with van der Waals surface area (Å²) in [4.78, 5) is 0. The van der Waals surface area contributed by atoms with E-state index < -0.39 is 7.60 Å². The van der Waals surface area contributed by atoms with Crippen molar-refractivity contribution in [3.63, 3.8) is 0 Å². The largest absolute Gasteiger partial charge is 0.330 e. The third-order valence-corrected chi connectivity index (χ3v) is 7.22. The zero-order chi connectivity index (χ0) is 21.6. The highest BCUT2D eigenvalue weighted by Gasteiger charge is 2.23. The van der Waals surface area contributed by atoms with Gasteiger partial charge in [0.05, 0.1) is 19.4 Å². The van der Waals surface area contributed by atoms with Crippen molar-refractivity contribution in [3.05, 3.63) is 69.5 Å². The van der Waals surface area contributed by atoms with Crippen molar-refractivity contribution in [3.8, 4) is 0 Å². The molecule has 0 amide bonds. The van der Waals surface area contributed by atoms with E-state index >= 15 is 0 Å². The van der Waals surface area contributed by atoms with Crippen LogP contribution in [0.1, 0.15) is 67.0 Å². The smallest absolute Gasteiger partial charge is 0.309 e. The fourth-order valence-electron chi connectivity index (χ4n) is 3.68. The molecule has 5 heteroatoms. The predicted octanol–water partition coefficient (Wildman–Crippen LogP) is 6.97. The molecule has 0 aliphatic carbocycles. The Morgan fingerprint density at radius 3 is 2.07 bits per heavy atom. The van der Waals surface area contributed by atoms with Crippen LogP contribution in [0.25, 0.3) is 0 Å². The van der Waals surface area contributed by atoms with Crippen molar-refractivity contribution in [1.82, 2.24) is 0 Å². The van der Waals surface area contributed by atoms with Gasteiger partial charge in [0.15, 0.2) is 0 Å². The van der Waals surface area contributed by atoms with E-state index in [9.17, 15) is 8.96 Å². The zero-order valence-corrected chi connectivity index (χ0v) is 19.4. The maximum absolute atomic E-state index is 14.0. The van der Waals surface area contributed by atoms with E-state index in [1.54, 1.807) is 6.07 Å². The van der Waals surface area contributed by atoms with Crippen molar-refractivity contribution in [2.45, 2.75) is 60.3 Å². The molecule has 0 radical (unpaired) electrons. The first-order valence-corrected chi connectivity index (χ1v) is 12.2. The summed E-state index contributed by atoms with van der Waals surface area (Å²) in [5.74, 6) is 0.0199. The summed E-state index contributed by atoms with van der Waals surface area (Å²) in [5, 5.41) is 0. The molecule has 0 saturated carbocycles. The molecular weight excluding hydrogens is 386 g/mol. The van der Waals surface area contributed by atoms with Gasteiger partial charge in [0, 0.05) is 0 Å². The molecule has 2 aromatic rings. The first-order chi connectivity index (χ1) is 13.7. The maximum Gasteiger partial charge on any atom is 0.330 e. The van der Waals surface area contributed by atoms with Crippen LogP contribution in [0.4, 0.5) is 4.39 Å². The third kappa shape index (κ3) is 6.50. The van der Waals surface area contributed by atoms with Gasteiger partial charge in [-0.2, -0.15) is 0 Å². The molecule has 0 fully saturated rings. The lowest BCUT2D eigenvalue weighted by Gasteiger charge is -2.18. The lowest BCUT2D eigenvalue weighted by Crippen LogP contribution is -2.04. The Kier molecular flexibility index (Phi) is 8.63. The van der Waals surface area contributed by atoms with Crippen molar-refractivity contribution >= 4 is 7.60 Å². The molecule has 29 heavy (non-hydrogen) atoms. The lowest BCUT2D eigenvalue weighted by molar-refractivity contribution is 0.220. The first kappa shape index (κ1) is 23.8. The molecule has 0 aromatic heterocycles. The quantitative estimate of drug-likeness (QED) is 0.390. The Morgan fingerprint density at radius 1 is 0.966 bits per heavy atom. The average Bonchev–Trinajstić information content (AvgIpc) is 2.64. The van der Waals surface area contributed by atoms with Crippen LogP contribution in [0.5, 0.6) is 0 Å². The molecule has 0 saturated heterocycles. The summed E-state index contributed by atoms with van der Waals surface area (Å²) < 4.78 is 37.5. The van der Waals surface area contributed by atoms with Crippen molar-refractivity contribution in [1.29, 1.82) is 0 Å². The van der Waals surface area contributed by atoms with Crippen LogP contribution in [0.15, 0.2) is 30.3 Å². The summed E-state index contributed by atoms with van der Waals surface area (Å²) in [6.45, 7) is 12.6. The highest BCUT2D eigenvalue weighted by atomic mass is 31.2. The van der Waals surface area contributed by atoms with Gasteiger partial charge in [0.1, 0.15) is 5.82 Å². The van der Waals surface area contributed by atoms with Gasteiger partial charge in [0.2, 0.25) is 0 Å². The summed E-state index contributed by atoms with van der Waals surface area (Å²) in [6, 6.07) is 9.72. The van der Waals surface area contributed by atoms with E-state index in [1.807, 2.05) is 39.8 Å². The fraction of sp³-hybridized carbons (Fsp3) is 0.500. The van der Waals surface area contributed by atoms with Gasteiger partial charge in [-0.25, -0.2) is 4.39 Å².